The summed E-state index contributed by atoms with van der Waals surface area (Å²) >= 11 is 0. The zero-order chi connectivity index (χ0) is 25.8. The van der Waals surface area contributed by atoms with Crippen molar-refractivity contribution in [2.75, 3.05) is 52.9 Å². The summed E-state index contributed by atoms with van der Waals surface area (Å²) in [5, 5.41) is 0. The van der Waals surface area contributed by atoms with Gasteiger partial charge in [-0.1, -0.05) is 65.0 Å². The van der Waals surface area contributed by atoms with Gasteiger partial charge in [-0.2, -0.15) is 0 Å². The molecule has 1 heterocycles. The minimum Gasteiger partial charge on any atom is -0.496 e. The molecule has 0 aliphatic carbocycles. The molecule has 1 aliphatic heterocycles. The molecular weight excluding hydrogens is 438 g/mol. The number of hydrogen-bond acceptors (Lipinski definition) is 4. The molecule has 196 valence electrons. The van der Waals surface area contributed by atoms with E-state index < -0.39 is 0 Å². The number of carbonyl (C=O) groups excluding carboxylic acids is 2. The van der Waals surface area contributed by atoms with Crippen molar-refractivity contribution < 1.29 is 14.3 Å². The lowest BCUT2D eigenvalue weighted by molar-refractivity contribution is -0.134. The molecule has 1 saturated heterocycles. The van der Waals surface area contributed by atoms with Crippen molar-refractivity contribution in [3.63, 3.8) is 0 Å². The molecule has 1 aromatic rings. The Labute approximate surface area is 213 Å². The van der Waals surface area contributed by atoms with E-state index in [1.807, 2.05) is 53.1 Å². The first-order valence-corrected chi connectivity index (χ1v) is 13.2. The van der Waals surface area contributed by atoms with Crippen LogP contribution >= 0.6 is 0 Å². The Balaban J connectivity index is 1.83. The van der Waals surface area contributed by atoms with Crippen LogP contribution in [0.1, 0.15) is 65.9 Å². The third-order valence-corrected chi connectivity index (χ3v) is 6.47. The topological polar surface area (TPSA) is 53.1 Å². The highest BCUT2D eigenvalue weighted by molar-refractivity contribution is 5.77. The van der Waals surface area contributed by atoms with Gasteiger partial charge < -0.3 is 14.5 Å². The molecule has 35 heavy (non-hydrogen) atoms. The lowest BCUT2D eigenvalue weighted by Crippen LogP contribution is -2.50. The molecule has 1 unspecified atom stereocenters. The number of carbonyl (C=O) groups is 2. The van der Waals surface area contributed by atoms with Gasteiger partial charge in [-0.15, -0.1) is 0 Å². The van der Waals surface area contributed by atoms with E-state index in [9.17, 15) is 9.59 Å². The van der Waals surface area contributed by atoms with Crippen LogP contribution < -0.4 is 4.74 Å². The number of benzene rings is 1. The predicted octanol–water partition coefficient (Wildman–Crippen LogP) is 4.94. The first-order valence-electron chi connectivity index (χ1n) is 13.2. The Morgan fingerprint density at radius 3 is 2.46 bits per heavy atom. The summed E-state index contributed by atoms with van der Waals surface area (Å²) in [6.07, 6.45) is 7.18. The molecule has 1 aromatic carbocycles. The van der Waals surface area contributed by atoms with Crippen molar-refractivity contribution in [1.82, 2.24) is 14.7 Å². The van der Waals surface area contributed by atoms with Crippen LogP contribution in [-0.2, 0) is 9.59 Å². The van der Waals surface area contributed by atoms with Crippen LogP contribution in [0.4, 0.5) is 0 Å². The van der Waals surface area contributed by atoms with Crippen LogP contribution in [0.3, 0.4) is 0 Å². The third kappa shape index (κ3) is 10.4. The highest BCUT2D eigenvalue weighted by Crippen LogP contribution is 2.26. The summed E-state index contributed by atoms with van der Waals surface area (Å²) < 4.78 is 5.42. The molecule has 1 aliphatic rings. The van der Waals surface area contributed by atoms with Crippen LogP contribution in [0.25, 0.3) is 6.08 Å². The van der Waals surface area contributed by atoms with Crippen LogP contribution in [0.2, 0.25) is 0 Å². The number of nitrogens with zero attached hydrogens (tertiary/aromatic N) is 3. The number of piperazine rings is 1. The van der Waals surface area contributed by atoms with E-state index in [-0.39, 0.29) is 17.2 Å². The summed E-state index contributed by atoms with van der Waals surface area (Å²) in [7, 11) is 1.67. The minimum absolute atomic E-state index is 0.193. The molecule has 2 rings (SSSR count). The largest absolute Gasteiger partial charge is 0.496 e. The van der Waals surface area contributed by atoms with E-state index in [4.69, 9.17) is 4.74 Å². The van der Waals surface area contributed by atoms with E-state index in [2.05, 4.69) is 32.6 Å². The lowest BCUT2D eigenvalue weighted by Gasteiger charge is -2.36. The lowest BCUT2D eigenvalue weighted by atomic mass is 9.84. The quantitative estimate of drug-likeness (QED) is 0.421. The minimum atomic E-state index is 0.193. The van der Waals surface area contributed by atoms with Crippen molar-refractivity contribution in [3.05, 3.63) is 35.9 Å². The molecule has 2 amide bonds. The van der Waals surface area contributed by atoms with Crippen LogP contribution in [0, 0.1) is 11.3 Å². The molecule has 0 saturated carbocycles. The number of rotatable bonds is 12. The van der Waals surface area contributed by atoms with E-state index in [1.165, 1.54) is 0 Å². The maximum absolute atomic E-state index is 12.7. The number of amides is 2. The van der Waals surface area contributed by atoms with Crippen molar-refractivity contribution >= 4 is 17.9 Å². The summed E-state index contributed by atoms with van der Waals surface area (Å²) in [5.74, 6) is 1.71. The normalized spacial score (nSPS) is 15.9. The zero-order valence-electron chi connectivity index (χ0n) is 22.9. The Bertz CT molecular complexity index is 823. The van der Waals surface area contributed by atoms with Gasteiger partial charge in [0.05, 0.1) is 7.11 Å². The molecule has 1 fully saturated rings. The predicted molar refractivity (Wildman–Crippen MR) is 144 cm³/mol. The van der Waals surface area contributed by atoms with Crippen molar-refractivity contribution in [2.45, 2.75) is 60.3 Å². The smallest absolute Gasteiger partial charge is 0.222 e. The molecule has 0 aromatic heterocycles. The van der Waals surface area contributed by atoms with Crippen molar-refractivity contribution in [3.8, 4) is 5.75 Å². The first-order chi connectivity index (χ1) is 16.6. The van der Waals surface area contributed by atoms with Gasteiger partial charge >= 0.3 is 0 Å². The van der Waals surface area contributed by atoms with Gasteiger partial charge in [0.15, 0.2) is 0 Å². The summed E-state index contributed by atoms with van der Waals surface area (Å²) in [6, 6.07) is 7.89. The maximum Gasteiger partial charge on any atom is 0.222 e. The fraction of sp³-hybridized carbons (Fsp3) is 0.655. The molecule has 0 bridgehead atoms. The van der Waals surface area contributed by atoms with Gasteiger partial charge in [0, 0.05) is 64.2 Å². The fourth-order valence-electron chi connectivity index (χ4n) is 4.83. The van der Waals surface area contributed by atoms with Gasteiger partial charge in [0.2, 0.25) is 11.8 Å². The van der Waals surface area contributed by atoms with Gasteiger partial charge in [-0.05, 0) is 30.2 Å². The van der Waals surface area contributed by atoms with Crippen LogP contribution in [0.5, 0.6) is 5.75 Å². The summed E-state index contributed by atoms with van der Waals surface area (Å²) in [4.78, 5) is 31.8. The Morgan fingerprint density at radius 1 is 1.14 bits per heavy atom. The van der Waals surface area contributed by atoms with Crippen molar-refractivity contribution in [2.24, 2.45) is 11.3 Å². The van der Waals surface area contributed by atoms with E-state index in [0.29, 0.717) is 31.8 Å². The Hall–Kier alpha value is -2.34. The second-order valence-electron chi connectivity index (χ2n) is 11.0. The average Bonchev–Trinajstić information content (AvgIpc) is 2.80. The number of methoxy groups -OCH3 is 1. The molecule has 6 nitrogen and oxygen atoms in total. The molecule has 6 heteroatoms. The van der Waals surface area contributed by atoms with Gasteiger partial charge in [0.25, 0.3) is 0 Å². The van der Waals surface area contributed by atoms with E-state index in [0.717, 1.165) is 56.9 Å². The second-order valence-corrected chi connectivity index (χ2v) is 11.0. The summed E-state index contributed by atoms with van der Waals surface area (Å²) in [6.45, 7) is 16.3. The number of ether oxygens (including phenoxy) is 1. The van der Waals surface area contributed by atoms with E-state index >= 15 is 0 Å². The monoisotopic (exact) mass is 485 g/mol. The van der Waals surface area contributed by atoms with Crippen LogP contribution in [0.15, 0.2) is 30.3 Å². The average molecular weight is 486 g/mol. The Morgan fingerprint density at radius 2 is 1.83 bits per heavy atom. The van der Waals surface area contributed by atoms with Gasteiger partial charge in [-0.25, -0.2) is 0 Å². The van der Waals surface area contributed by atoms with Crippen molar-refractivity contribution in [1.29, 1.82) is 0 Å². The van der Waals surface area contributed by atoms with Crippen LogP contribution in [-0.4, -0.2) is 79.4 Å². The third-order valence-electron chi connectivity index (χ3n) is 6.47. The van der Waals surface area contributed by atoms with Gasteiger partial charge in [0.1, 0.15) is 5.75 Å². The Kier molecular flexibility index (Phi) is 11.8. The highest BCUT2D eigenvalue weighted by atomic mass is 16.5. The van der Waals surface area contributed by atoms with E-state index in [1.54, 1.807) is 7.11 Å². The molecule has 0 N–H and O–H groups in total. The molecule has 0 spiro atoms. The fourth-order valence-corrected chi connectivity index (χ4v) is 4.83. The zero-order valence-corrected chi connectivity index (χ0v) is 22.9. The molecule has 1 atom stereocenters. The van der Waals surface area contributed by atoms with Gasteiger partial charge in [-0.3, -0.25) is 14.5 Å². The molecular formula is C29H47N3O3. The molecule has 0 radical (unpaired) electrons. The maximum atomic E-state index is 12.7. The highest BCUT2D eigenvalue weighted by Gasteiger charge is 2.24. The standard InChI is InChI=1S/C29H47N3O3/c1-7-11-27(33)31(15-10-13-25-12-8-9-14-26(25)35-6)19-16-30-17-20-32(21-18-30)28(34)22-24(2)23-29(3,4)5/h8-10,12-14,24H,7,11,15-23H2,1-6H3/b13-10+. The number of hydrogen-bond donors (Lipinski definition) is 0. The SMILES string of the molecule is CCCC(=O)N(C/C=C/c1ccccc1OC)CCN1CCN(C(=O)CC(C)CC(C)(C)C)CC1. The second kappa shape index (κ2) is 14.3. The number of para-hydroxylation sites is 1. The first kappa shape index (κ1) is 28.9. The summed E-state index contributed by atoms with van der Waals surface area (Å²) in [5.41, 5.74) is 1.26.